The molecule has 0 atom stereocenters. The minimum Gasteiger partial charge on any atom is -0.461 e. The summed E-state index contributed by atoms with van der Waals surface area (Å²) in [4.78, 5) is 16.1. The van der Waals surface area contributed by atoms with E-state index >= 15 is 0 Å². The number of rotatable bonds is 5. The van der Waals surface area contributed by atoms with Crippen LogP contribution < -0.4 is 5.48 Å². The molecule has 2 aromatic heterocycles. The lowest BCUT2D eigenvalue weighted by atomic mass is 10.4. The van der Waals surface area contributed by atoms with Crippen LogP contribution in [0.25, 0.3) is 11.6 Å². The van der Waals surface area contributed by atoms with Crippen molar-refractivity contribution in [3.63, 3.8) is 0 Å². The van der Waals surface area contributed by atoms with Gasteiger partial charge in [-0.3, -0.25) is 9.63 Å². The third-order valence-electron chi connectivity index (χ3n) is 1.90. The molecule has 0 unspecified atom stereocenters. The molecule has 0 saturated heterocycles. The number of carbonyl (C=O) groups excluding carboxylic acids is 1. The van der Waals surface area contributed by atoms with Crippen LogP contribution in [0.15, 0.2) is 22.8 Å². The third-order valence-corrected chi connectivity index (χ3v) is 1.90. The van der Waals surface area contributed by atoms with E-state index < -0.39 is 25.2 Å². The number of hydrogen-bond donors (Lipinski definition) is 1. The van der Waals surface area contributed by atoms with Gasteiger partial charge in [-0.25, -0.2) is 5.48 Å². The molecule has 2 aromatic rings. The predicted molar refractivity (Wildman–Crippen MR) is 55.7 cm³/mol. The van der Waals surface area contributed by atoms with E-state index in [4.69, 9.17) is 4.42 Å². The summed E-state index contributed by atoms with van der Waals surface area (Å²) in [6.07, 6.45) is -3.11. The van der Waals surface area contributed by atoms with Crippen LogP contribution >= 0.6 is 0 Å². The summed E-state index contributed by atoms with van der Waals surface area (Å²) in [7, 11) is 0. The highest BCUT2D eigenvalue weighted by Crippen LogP contribution is 2.14. The zero-order chi connectivity index (χ0) is 14.6. The number of aromatic nitrogens is 4. The number of hydrogen-bond acceptors (Lipinski definition) is 6. The number of furan rings is 1. The molecule has 0 spiro atoms. The van der Waals surface area contributed by atoms with Gasteiger partial charge in [-0.1, -0.05) is 0 Å². The topological polar surface area (TPSA) is 95.1 Å². The molecule has 2 rings (SSSR count). The molecule has 108 valence electrons. The quantitative estimate of drug-likeness (QED) is 0.808. The van der Waals surface area contributed by atoms with E-state index in [1.807, 2.05) is 0 Å². The fourth-order valence-corrected chi connectivity index (χ4v) is 1.17. The number of halogens is 3. The SMILES string of the molecule is O=C(Cn1nnc(-c2ccco2)n1)NOCC(F)(F)F. The van der Waals surface area contributed by atoms with Crippen LogP contribution in [-0.4, -0.2) is 38.9 Å². The van der Waals surface area contributed by atoms with Crippen LogP contribution in [0.2, 0.25) is 0 Å². The van der Waals surface area contributed by atoms with Crippen LogP contribution in [0, 0.1) is 0 Å². The van der Waals surface area contributed by atoms with Gasteiger partial charge in [-0.15, -0.1) is 10.2 Å². The summed E-state index contributed by atoms with van der Waals surface area (Å²) in [5.74, 6) is -0.346. The first-order chi connectivity index (χ1) is 9.44. The van der Waals surface area contributed by atoms with Gasteiger partial charge in [-0.2, -0.15) is 18.0 Å². The summed E-state index contributed by atoms with van der Waals surface area (Å²) < 4.78 is 40.3. The molecule has 0 saturated carbocycles. The van der Waals surface area contributed by atoms with Gasteiger partial charge in [0, 0.05) is 0 Å². The molecule has 0 aliphatic rings. The lowest BCUT2D eigenvalue weighted by Crippen LogP contribution is -2.32. The van der Waals surface area contributed by atoms with Gasteiger partial charge < -0.3 is 4.42 Å². The average molecular weight is 291 g/mol. The first kappa shape index (κ1) is 14.0. The highest BCUT2D eigenvalue weighted by Gasteiger charge is 2.28. The minimum atomic E-state index is -4.52. The number of nitrogens with zero attached hydrogens (tertiary/aromatic N) is 4. The highest BCUT2D eigenvalue weighted by atomic mass is 19.4. The van der Waals surface area contributed by atoms with Crippen molar-refractivity contribution >= 4 is 5.91 Å². The molecule has 0 aliphatic carbocycles. The fraction of sp³-hybridized carbons (Fsp3) is 0.333. The molecule has 0 aromatic carbocycles. The van der Waals surface area contributed by atoms with Crippen molar-refractivity contribution < 1.29 is 27.2 Å². The summed E-state index contributed by atoms with van der Waals surface area (Å²) in [5, 5.41) is 11.0. The van der Waals surface area contributed by atoms with Crippen LogP contribution in [0.3, 0.4) is 0 Å². The van der Waals surface area contributed by atoms with E-state index in [1.54, 1.807) is 17.6 Å². The normalized spacial score (nSPS) is 11.6. The third kappa shape index (κ3) is 4.05. The minimum absolute atomic E-state index is 0.152. The Kier molecular flexibility index (Phi) is 3.98. The van der Waals surface area contributed by atoms with Crippen LogP contribution in [-0.2, 0) is 16.2 Å². The lowest BCUT2D eigenvalue weighted by molar-refractivity contribution is -0.192. The second-order valence-corrected chi connectivity index (χ2v) is 3.55. The van der Waals surface area contributed by atoms with Crippen LogP contribution in [0.1, 0.15) is 0 Å². The summed E-state index contributed by atoms with van der Waals surface area (Å²) >= 11 is 0. The number of tetrazole rings is 1. The molecule has 0 radical (unpaired) electrons. The Morgan fingerprint density at radius 3 is 2.95 bits per heavy atom. The Hall–Kier alpha value is -2.43. The predicted octanol–water partition coefficient (Wildman–Crippen LogP) is 0.543. The Balaban J connectivity index is 1.83. The molecule has 20 heavy (non-hydrogen) atoms. The molecule has 1 amide bonds. The second-order valence-electron chi connectivity index (χ2n) is 3.55. The molecule has 2 heterocycles. The largest absolute Gasteiger partial charge is 0.461 e. The summed E-state index contributed by atoms with van der Waals surface area (Å²) in [5.41, 5.74) is 1.62. The van der Waals surface area contributed by atoms with Gasteiger partial charge in [0.15, 0.2) is 12.4 Å². The zero-order valence-electron chi connectivity index (χ0n) is 9.79. The van der Waals surface area contributed by atoms with E-state index in [0.29, 0.717) is 5.76 Å². The van der Waals surface area contributed by atoms with E-state index in [2.05, 4.69) is 20.2 Å². The Morgan fingerprint density at radius 1 is 1.50 bits per heavy atom. The smallest absolute Gasteiger partial charge is 0.414 e. The van der Waals surface area contributed by atoms with Gasteiger partial charge in [0.1, 0.15) is 6.54 Å². The number of hydroxylamine groups is 1. The van der Waals surface area contributed by atoms with Gasteiger partial charge >= 0.3 is 6.18 Å². The van der Waals surface area contributed by atoms with Gasteiger partial charge in [-0.05, 0) is 17.3 Å². The fourth-order valence-electron chi connectivity index (χ4n) is 1.17. The Bertz CT molecular complexity index is 566. The lowest BCUT2D eigenvalue weighted by Gasteiger charge is -2.07. The van der Waals surface area contributed by atoms with Crippen molar-refractivity contribution in [2.75, 3.05) is 6.61 Å². The van der Waals surface area contributed by atoms with Crippen molar-refractivity contribution in [3.05, 3.63) is 18.4 Å². The van der Waals surface area contributed by atoms with Crippen molar-refractivity contribution in [1.82, 2.24) is 25.7 Å². The Morgan fingerprint density at radius 2 is 2.30 bits per heavy atom. The molecular formula is C9H8F3N5O3. The van der Waals surface area contributed by atoms with Gasteiger partial charge in [0.05, 0.1) is 6.26 Å². The van der Waals surface area contributed by atoms with Gasteiger partial charge in [0.25, 0.3) is 5.91 Å². The summed E-state index contributed by atoms with van der Waals surface area (Å²) in [6, 6.07) is 3.21. The standard InChI is InChI=1S/C9H8F3N5O3/c10-9(11,12)5-20-15-7(18)4-17-14-8(13-16-17)6-2-1-3-19-6/h1-3H,4-5H2,(H,15,18). The van der Waals surface area contributed by atoms with Crippen molar-refractivity contribution in [2.45, 2.75) is 12.7 Å². The molecule has 1 N–H and O–H groups in total. The van der Waals surface area contributed by atoms with Crippen LogP contribution in [0.4, 0.5) is 13.2 Å². The second kappa shape index (κ2) is 5.69. The highest BCUT2D eigenvalue weighted by molar-refractivity contribution is 5.74. The molecule has 0 bridgehead atoms. The number of alkyl halides is 3. The number of amides is 1. The molecule has 0 aliphatic heterocycles. The zero-order valence-corrected chi connectivity index (χ0v) is 9.79. The monoisotopic (exact) mass is 291 g/mol. The van der Waals surface area contributed by atoms with Gasteiger partial charge in [0.2, 0.25) is 5.82 Å². The van der Waals surface area contributed by atoms with E-state index in [1.165, 1.54) is 6.26 Å². The maximum atomic E-state index is 11.8. The maximum absolute atomic E-state index is 11.8. The van der Waals surface area contributed by atoms with Crippen molar-refractivity contribution in [2.24, 2.45) is 0 Å². The van der Waals surface area contributed by atoms with Crippen molar-refractivity contribution in [3.8, 4) is 11.6 Å². The first-order valence-corrected chi connectivity index (χ1v) is 5.23. The molecule has 0 fully saturated rings. The number of carbonyl (C=O) groups is 1. The number of nitrogens with one attached hydrogen (secondary N) is 1. The molecular weight excluding hydrogens is 283 g/mol. The van der Waals surface area contributed by atoms with E-state index in [0.717, 1.165) is 4.80 Å². The molecule has 8 nitrogen and oxygen atoms in total. The van der Waals surface area contributed by atoms with Crippen LogP contribution in [0.5, 0.6) is 0 Å². The van der Waals surface area contributed by atoms with E-state index in [-0.39, 0.29) is 5.82 Å². The first-order valence-electron chi connectivity index (χ1n) is 5.23. The van der Waals surface area contributed by atoms with E-state index in [9.17, 15) is 18.0 Å². The molecule has 11 heteroatoms. The van der Waals surface area contributed by atoms with Crippen molar-refractivity contribution in [1.29, 1.82) is 0 Å². The maximum Gasteiger partial charge on any atom is 0.414 e. The summed E-state index contributed by atoms with van der Waals surface area (Å²) in [6.45, 7) is -2.02. The Labute approximate surface area is 109 Å². The average Bonchev–Trinajstić information content (AvgIpc) is 2.96.